The lowest BCUT2D eigenvalue weighted by Gasteiger charge is -2.24. The summed E-state index contributed by atoms with van der Waals surface area (Å²) in [7, 11) is 0. The third kappa shape index (κ3) is 15.8. The Balaban J connectivity index is 4.27. The lowest BCUT2D eigenvalue weighted by atomic mass is 9.89. The first-order valence-electron chi connectivity index (χ1n) is 8.94. The van der Waals surface area contributed by atoms with Crippen LogP contribution >= 0.6 is 0 Å². The lowest BCUT2D eigenvalue weighted by molar-refractivity contribution is -0.153. The molecule has 0 fully saturated rings. The number of carbonyl (C=O) groups excluding carboxylic acids is 2. The molecule has 1 unspecified atom stereocenters. The maximum absolute atomic E-state index is 11.8. The topological polar surface area (TPSA) is 78.6 Å². The van der Waals surface area contributed by atoms with E-state index in [0.717, 1.165) is 25.7 Å². The molecule has 0 saturated carbocycles. The summed E-state index contributed by atoms with van der Waals surface area (Å²) in [4.78, 5) is 22.6. The van der Waals surface area contributed by atoms with Gasteiger partial charge in [-0.15, -0.1) is 0 Å². The van der Waals surface area contributed by atoms with Crippen LogP contribution < -0.4 is 5.73 Å². The average Bonchev–Trinajstić information content (AvgIpc) is 2.39. The Labute approximate surface area is 147 Å². The highest BCUT2D eigenvalue weighted by molar-refractivity contribution is 5.79. The fraction of sp³-hybridized carbons (Fsp3) is 0.895. The fourth-order valence-electron chi connectivity index (χ4n) is 2.16. The summed E-state index contributed by atoms with van der Waals surface area (Å²) in [5.74, 6) is -0.873. The number of hydrogen-bond donors (Lipinski definition) is 1. The van der Waals surface area contributed by atoms with Crippen LogP contribution in [-0.2, 0) is 19.1 Å². The molecule has 5 heteroatoms. The Morgan fingerprint density at radius 3 is 2.04 bits per heavy atom. The normalized spacial score (nSPS) is 13.6. The van der Waals surface area contributed by atoms with Crippen molar-refractivity contribution in [2.24, 2.45) is 16.6 Å². The Morgan fingerprint density at radius 2 is 1.54 bits per heavy atom. The molecule has 1 atom stereocenters. The molecule has 0 aromatic carbocycles. The monoisotopic (exact) mass is 343 g/mol. The predicted octanol–water partition coefficient (Wildman–Crippen LogP) is 3.83. The van der Waals surface area contributed by atoms with E-state index >= 15 is 0 Å². The first-order chi connectivity index (χ1) is 10.9. The third-order valence-electron chi connectivity index (χ3n) is 3.61. The molecule has 0 aliphatic rings. The zero-order valence-electron chi connectivity index (χ0n) is 16.4. The molecule has 0 aromatic heterocycles. The van der Waals surface area contributed by atoms with Crippen LogP contribution in [0.4, 0.5) is 0 Å². The van der Waals surface area contributed by atoms with E-state index in [1.54, 1.807) is 0 Å². The second-order valence-electron chi connectivity index (χ2n) is 8.92. The van der Waals surface area contributed by atoms with Crippen molar-refractivity contribution in [3.8, 4) is 0 Å². The number of hydrogen-bond acceptors (Lipinski definition) is 4. The van der Waals surface area contributed by atoms with Crippen LogP contribution in [0, 0.1) is 10.8 Å². The van der Waals surface area contributed by atoms with Gasteiger partial charge in [-0.05, 0) is 36.5 Å². The van der Waals surface area contributed by atoms with E-state index in [1.807, 2.05) is 0 Å². The minimum Gasteiger partial charge on any atom is -0.460 e. The SMILES string of the molecule is CC(C)(C)CCCOCC(CCC(C)(C)C)OC(=O)CCC(N)=O. The van der Waals surface area contributed by atoms with Crippen molar-refractivity contribution in [3.63, 3.8) is 0 Å². The van der Waals surface area contributed by atoms with E-state index in [1.165, 1.54) is 0 Å². The third-order valence-corrected chi connectivity index (χ3v) is 3.61. The number of esters is 1. The van der Waals surface area contributed by atoms with Crippen LogP contribution in [0.5, 0.6) is 0 Å². The number of ether oxygens (including phenoxy) is 2. The molecular weight excluding hydrogens is 306 g/mol. The van der Waals surface area contributed by atoms with Gasteiger partial charge in [0.1, 0.15) is 6.10 Å². The van der Waals surface area contributed by atoms with E-state index in [-0.39, 0.29) is 30.3 Å². The quantitative estimate of drug-likeness (QED) is 0.457. The van der Waals surface area contributed by atoms with Gasteiger partial charge in [-0.1, -0.05) is 41.5 Å². The highest BCUT2D eigenvalue weighted by Crippen LogP contribution is 2.23. The largest absolute Gasteiger partial charge is 0.460 e. The van der Waals surface area contributed by atoms with Gasteiger partial charge < -0.3 is 15.2 Å². The van der Waals surface area contributed by atoms with Crippen molar-refractivity contribution in [1.29, 1.82) is 0 Å². The molecule has 0 aliphatic carbocycles. The van der Waals surface area contributed by atoms with Crippen LogP contribution in [0.1, 0.15) is 80.1 Å². The smallest absolute Gasteiger partial charge is 0.306 e. The Hall–Kier alpha value is -1.10. The molecule has 2 N–H and O–H groups in total. The van der Waals surface area contributed by atoms with Gasteiger partial charge in [0.05, 0.1) is 13.0 Å². The van der Waals surface area contributed by atoms with Gasteiger partial charge in [-0.2, -0.15) is 0 Å². The summed E-state index contributed by atoms with van der Waals surface area (Å²) in [6.07, 6.45) is 3.57. The summed E-state index contributed by atoms with van der Waals surface area (Å²) in [6, 6.07) is 0. The van der Waals surface area contributed by atoms with Crippen LogP contribution in [0.15, 0.2) is 0 Å². The maximum Gasteiger partial charge on any atom is 0.306 e. The molecule has 24 heavy (non-hydrogen) atoms. The van der Waals surface area contributed by atoms with E-state index in [4.69, 9.17) is 15.2 Å². The van der Waals surface area contributed by atoms with Gasteiger partial charge in [0.2, 0.25) is 5.91 Å². The first-order valence-corrected chi connectivity index (χ1v) is 8.94. The molecular formula is C19H37NO4. The molecule has 0 spiro atoms. The minimum absolute atomic E-state index is 0.0251. The van der Waals surface area contributed by atoms with Crippen molar-refractivity contribution in [2.45, 2.75) is 86.2 Å². The fourth-order valence-corrected chi connectivity index (χ4v) is 2.16. The zero-order valence-corrected chi connectivity index (χ0v) is 16.4. The molecule has 0 rings (SSSR count). The number of amides is 1. The molecule has 0 bridgehead atoms. The van der Waals surface area contributed by atoms with E-state index in [9.17, 15) is 9.59 Å². The predicted molar refractivity (Wildman–Crippen MR) is 96.5 cm³/mol. The maximum atomic E-state index is 11.8. The van der Waals surface area contributed by atoms with Crippen LogP contribution in [0.2, 0.25) is 0 Å². The van der Waals surface area contributed by atoms with Gasteiger partial charge in [-0.25, -0.2) is 0 Å². The van der Waals surface area contributed by atoms with Crippen LogP contribution in [0.3, 0.4) is 0 Å². The second-order valence-corrected chi connectivity index (χ2v) is 8.92. The van der Waals surface area contributed by atoms with Crippen molar-refractivity contribution < 1.29 is 19.1 Å². The van der Waals surface area contributed by atoms with Crippen molar-refractivity contribution in [1.82, 2.24) is 0 Å². The first kappa shape index (κ1) is 22.9. The zero-order chi connectivity index (χ0) is 18.8. The van der Waals surface area contributed by atoms with Gasteiger partial charge >= 0.3 is 5.97 Å². The molecule has 1 amide bonds. The van der Waals surface area contributed by atoms with E-state index < -0.39 is 5.91 Å². The minimum atomic E-state index is -0.489. The van der Waals surface area contributed by atoms with E-state index in [2.05, 4.69) is 41.5 Å². The molecule has 0 aromatic rings. The molecule has 0 heterocycles. The molecule has 5 nitrogen and oxygen atoms in total. The van der Waals surface area contributed by atoms with Crippen molar-refractivity contribution in [3.05, 3.63) is 0 Å². The number of primary amides is 1. The highest BCUT2D eigenvalue weighted by atomic mass is 16.6. The molecule has 0 radical (unpaired) electrons. The number of nitrogens with two attached hydrogens (primary N) is 1. The van der Waals surface area contributed by atoms with Crippen LogP contribution in [-0.4, -0.2) is 31.2 Å². The van der Waals surface area contributed by atoms with E-state index in [0.29, 0.717) is 18.6 Å². The van der Waals surface area contributed by atoms with Gasteiger partial charge in [0.15, 0.2) is 0 Å². The highest BCUT2D eigenvalue weighted by Gasteiger charge is 2.19. The summed E-state index contributed by atoms with van der Waals surface area (Å²) in [5.41, 5.74) is 5.54. The summed E-state index contributed by atoms with van der Waals surface area (Å²) in [5, 5.41) is 0. The summed E-state index contributed by atoms with van der Waals surface area (Å²) < 4.78 is 11.2. The number of rotatable bonds is 11. The standard InChI is InChI=1S/C19H37NO4/c1-18(2,3)11-7-13-23-14-15(10-12-19(4,5)6)24-17(22)9-8-16(20)21/h15H,7-14H2,1-6H3,(H2,20,21). The van der Waals surface area contributed by atoms with Crippen molar-refractivity contribution >= 4 is 11.9 Å². The second kappa shape index (κ2) is 10.7. The number of carbonyl (C=O) groups is 2. The molecule has 0 aliphatic heterocycles. The summed E-state index contributed by atoms with van der Waals surface area (Å²) >= 11 is 0. The van der Waals surface area contributed by atoms with Gasteiger partial charge in [-0.3, -0.25) is 9.59 Å². The molecule has 0 saturated heterocycles. The Morgan fingerprint density at radius 1 is 0.958 bits per heavy atom. The lowest BCUT2D eigenvalue weighted by Crippen LogP contribution is -2.26. The van der Waals surface area contributed by atoms with Gasteiger partial charge in [0, 0.05) is 13.0 Å². The molecule has 142 valence electrons. The Bertz CT molecular complexity index is 380. The average molecular weight is 344 g/mol. The van der Waals surface area contributed by atoms with Gasteiger partial charge in [0.25, 0.3) is 0 Å². The van der Waals surface area contributed by atoms with Crippen LogP contribution in [0.25, 0.3) is 0 Å². The summed E-state index contributed by atoms with van der Waals surface area (Å²) in [6.45, 7) is 14.2. The van der Waals surface area contributed by atoms with Crippen molar-refractivity contribution in [2.75, 3.05) is 13.2 Å². The Kier molecular flexibility index (Phi) is 10.2.